The summed E-state index contributed by atoms with van der Waals surface area (Å²) in [5.41, 5.74) is 10.9. The molecule has 0 radical (unpaired) electrons. The number of anilines is 1. The molecule has 3 heterocycles. The van der Waals surface area contributed by atoms with Gasteiger partial charge in [0, 0.05) is 23.5 Å². The highest BCUT2D eigenvalue weighted by Gasteiger charge is 2.05. The number of nitrogens with zero attached hydrogens (tertiary/aromatic N) is 3. The Balaban J connectivity index is 2.22. The van der Waals surface area contributed by atoms with Crippen molar-refractivity contribution in [1.82, 2.24) is 14.4 Å². The van der Waals surface area contributed by atoms with E-state index < -0.39 is 0 Å². The molecule has 0 saturated carbocycles. The first kappa shape index (κ1) is 8.43. The van der Waals surface area contributed by atoms with Gasteiger partial charge in [0.2, 0.25) is 0 Å². The maximum absolute atomic E-state index is 5.69. The number of imidazole rings is 1. The van der Waals surface area contributed by atoms with Crippen molar-refractivity contribution < 1.29 is 0 Å². The van der Waals surface area contributed by atoms with Gasteiger partial charge in [-0.15, -0.1) is 11.3 Å². The third-order valence-electron chi connectivity index (χ3n) is 2.17. The number of pyridine rings is 1. The van der Waals surface area contributed by atoms with E-state index in [0.29, 0.717) is 0 Å². The molecule has 74 valence electrons. The van der Waals surface area contributed by atoms with Crippen LogP contribution in [0.2, 0.25) is 0 Å². The molecule has 3 aromatic heterocycles. The zero-order chi connectivity index (χ0) is 10.3. The molecule has 0 fully saturated rings. The molecule has 5 heteroatoms. The van der Waals surface area contributed by atoms with Crippen molar-refractivity contribution in [3.63, 3.8) is 0 Å². The van der Waals surface area contributed by atoms with Crippen LogP contribution in [0.5, 0.6) is 0 Å². The quantitative estimate of drug-likeness (QED) is 0.677. The Bertz CT molecular complexity index is 597. The summed E-state index contributed by atoms with van der Waals surface area (Å²) < 4.78 is 1.91. The normalized spacial score (nSPS) is 10.9. The van der Waals surface area contributed by atoms with Crippen LogP contribution in [-0.4, -0.2) is 14.4 Å². The van der Waals surface area contributed by atoms with E-state index in [1.807, 2.05) is 34.3 Å². The standard InChI is InChI=1S/C10H8N4S/c11-7-1-2-10-13-8(4-14(10)3-7)9-5-15-6-12-9/h1-6H,11H2. The Hall–Kier alpha value is -1.88. The maximum atomic E-state index is 5.69. The van der Waals surface area contributed by atoms with Gasteiger partial charge in [-0.05, 0) is 12.1 Å². The van der Waals surface area contributed by atoms with E-state index in [0.717, 1.165) is 22.7 Å². The lowest BCUT2D eigenvalue weighted by Crippen LogP contribution is -1.88. The zero-order valence-corrected chi connectivity index (χ0v) is 8.61. The monoisotopic (exact) mass is 216 g/mol. The van der Waals surface area contributed by atoms with Gasteiger partial charge in [0.05, 0.1) is 5.51 Å². The molecule has 0 bridgehead atoms. The number of aromatic nitrogens is 3. The van der Waals surface area contributed by atoms with Crippen LogP contribution < -0.4 is 5.73 Å². The highest BCUT2D eigenvalue weighted by molar-refractivity contribution is 7.07. The molecule has 0 unspecified atom stereocenters. The summed E-state index contributed by atoms with van der Waals surface area (Å²) in [5.74, 6) is 0. The summed E-state index contributed by atoms with van der Waals surface area (Å²) in [5, 5.41) is 1.98. The van der Waals surface area contributed by atoms with Crippen LogP contribution in [-0.2, 0) is 0 Å². The van der Waals surface area contributed by atoms with E-state index in [1.165, 1.54) is 0 Å². The Kier molecular flexibility index (Phi) is 1.72. The van der Waals surface area contributed by atoms with Crippen LogP contribution in [0, 0.1) is 0 Å². The second-order valence-corrected chi connectivity index (χ2v) is 3.95. The molecule has 0 atom stereocenters. The molecule has 3 aromatic rings. The lowest BCUT2D eigenvalue weighted by atomic mass is 10.4. The van der Waals surface area contributed by atoms with Crippen LogP contribution in [0.3, 0.4) is 0 Å². The average molecular weight is 216 g/mol. The van der Waals surface area contributed by atoms with Gasteiger partial charge < -0.3 is 10.1 Å². The van der Waals surface area contributed by atoms with E-state index in [4.69, 9.17) is 5.73 Å². The van der Waals surface area contributed by atoms with Crippen LogP contribution in [0.25, 0.3) is 17.0 Å². The summed E-state index contributed by atoms with van der Waals surface area (Å²) in [6.07, 6.45) is 3.78. The minimum absolute atomic E-state index is 0.727. The topological polar surface area (TPSA) is 56.2 Å². The third-order valence-corrected chi connectivity index (χ3v) is 2.76. The van der Waals surface area contributed by atoms with Crippen molar-refractivity contribution in [2.24, 2.45) is 0 Å². The maximum Gasteiger partial charge on any atom is 0.137 e. The second-order valence-electron chi connectivity index (χ2n) is 3.23. The predicted molar refractivity (Wildman–Crippen MR) is 60.7 cm³/mol. The fourth-order valence-corrected chi connectivity index (χ4v) is 2.02. The van der Waals surface area contributed by atoms with E-state index in [2.05, 4.69) is 9.97 Å². The van der Waals surface area contributed by atoms with Gasteiger partial charge in [-0.2, -0.15) is 0 Å². The van der Waals surface area contributed by atoms with Gasteiger partial charge in [0.25, 0.3) is 0 Å². The smallest absolute Gasteiger partial charge is 0.137 e. The Morgan fingerprint density at radius 2 is 2.13 bits per heavy atom. The minimum Gasteiger partial charge on any atom is -0.398 e. The lowest BCUT2D eigenvalue weighted by Gasteiger charge is -1.93. The van der Waals surface area contributed by atoms with E-state index >= 15 is 0 Å². The zero-order valence-electron chi connectivity index (χ0n) is 7.79. The van der Waals surface area contributed by atoms with Gasteiger partial charge in [-0.1, -0.05) is 0 Å². The molecule has 0 aliphatic carbocycles. The molecular weight excluding hydrogens is 208 g/mol. The number of hydrogen-bond donors (Lipinski definition) is 1. The van der Waals surface area contributed by atoms with Crippen molar-refractivity contribution in [3.05, 3.63) is 35.4 Å². The van der Waals surface area contributed by atoms with Crippen LogP contribution in [0.15, 0.2) is 35.4 Å². The molecule has 0 spiro atoms. The second kappa shape index (κ2) is 3.06. The highest BCUT2D eigenvalue weighted by Crippen LogP contribution is 2.19. The first-order chi connectivity index (χ1) is 7.33. The molecule has 0 amide bonds. The summed E-state index contributed by atoms with van der Waals surface area (Å²) in [7, 11) is 0. The van der Waals surface area contributed by atoms with Crippen LogP contribution >= 0.6 is 11.3 Å². The molecular formula is C10H8N4S. The largest absolute Gasteiger partial charge is 0.398 e. The van der Waals surface area contributed by atoms with Crippen LogP contribution in [0.4, 0.5) is 5.69 Å². The lowest BCUT2D eigenvalue weighted by molar-refractivity contribution is 1.19. The number of nitrogen functional groups attached to an aromatic ring is 1. The number of thiazole rings is 1. The fourth-order valence-electron chi connectivity index (χ4n) is 1.47. The molecule has 0 saturated heterocycles. The molecule has 0 aliphatic heterocycles. The fraction of sp³-hybridized carbons (Fsp3) is 0. The van der Waals surface area contributed by atoms with E-state index in [9.17, 15) is 0 Å². The van der Waals surface area contributed by atoms with E-state index in [1.54, 1.807) is 16.8 Å². The number of fused-ring (bicyclic) bond motifs is 1. The average Bonchev–Trinajstić information content (AvgIpc) is 2.84. The minimum atomic E-state index is 0.727. The Labute approximate surface area is 90.0 Å². The molecule has 4 nitrogen and oxygen atoms in total. The third kappa shape index (κ3) is 1.37. The van der Waals surface area contributed by atoms with Crippen molar-refractivity contribution in [1.29, 1.82) is 0 Å². The Morgan fingerprint density at radius 3 is 2.93 bits per heavy atom. The highest BCUT2D eigenvalue weighted by atomic mass is 32.1. The van der Waals surface area contributed by atoms with Gasteiger partial charge in [0.15, 0.2) is 0 Å². The summed E-state index contributed by atoms with van der Waals surface area (Å²) in [6, 6.07) is 3.73. The predicted octanol–water partition coefficient (Wildman–Crippen LogP) is 2.04. The van der Waals surface area contributed by atoms with Gasteiger partial charge >= 0.3 is 0 Å². The first-order valence-corrected chi connectivity index (χ1v) is 5.40. The number of hydrogen-bond acceptors (Lipinski definition) is 4. The van der Waals surface area contributed by atoms with Crippen molar-refractivity contribution >= 4 is 22.7 Å². The molecule has 15 heavy (non-hydrogen) atoms. The number of rotatable bonds is 1. The molecule has 0 aromatic carbocycles. The van der Waals surface area contributed by atoms with Gasteiger partial charge in [0.1, 0.15) is 17.0 Å². The van der Waals surface area contributed by atoms with Gasteiger partial charge in [-0.25, -0.2) is 9.97 Å². The van der Waals surface area contributed by atoms with Crippen LogP contribution in [0.1, 0.15) is 0 Å². The molecule has 2 N–H and O–H groups in total. The SMILES string of the molecule is Nc1ccc2nc(-c3cscn3)cn2c1. The van der Waals surface area contributed by atoms with Crippen molar-refractivity contribution in [2.45, 2.75) is 0 Å². The first-order valence-electron chi connectivity index (χ1n) is 4.46. The summed E-state index contributed by atoms with van der Waals surface area (Å²) in [6.45, 7) is 0. The van der Waals surface area contributed by atoms with Crippen molar-refractivity contribution in [2.75, 3.05) is 5.73 Å². The summed E-state index contributed by atoms with van der Waals surface area (Å²) in [4.78, 5) is 8.66. The van der Waals surface area contributed by atoms with Crippen molar-refractivity contribution in [3.8, 4) is 11.4 Å². The summed E-state index contributed by atoms with van der Waals surface area (Å²) >= 11 is 1.56. The number of nitrogens with two attached hydrogens (primary N) is 1. The Morgan fingerprint density at radius 1 is 1.20 bits per heavy atom. The molecule has 3 rings (SSSR count). The van der Waals surface area contributed by atoms with E-state index in [-0.39, 0.29) is 0 Å². The molecule has 0 aliphatic rings. The van der Waals surface area contributed by atoms with Gasteiger partial charge in [-0.3, -0.25) is 0 Å².